The minimum Gasteiger partial charge on any atom is -0.342 e. The van der Waals surface area contributed by atoms with Crippen LogP contribution in [0.3, 0.4) is 0 Å². The van der Waals surface area contributed by atoms with Gasteiger partial charge in [-0.3, -0.25) is 9.59 Å². The fourth-order valence-electron chi connectivity index (χ4n) is 3.57. The van der Waals surface area contributed by atoms with Gasteiger partial charge in [0, 0.05) is 38.8 Å². The minimum absolute atomic E-state index is 0.0106. The highest BCUT2D eigenvalue weighted by Crippen LogP contribution is 2.22. The second kappa shape index (κ2) is 10.1. The number of anilines is 1. The van der Waals surface area contributed by atoms with Crippen molar-refractivity contribution in [1.82, 2.24) is 9.21 Å². The average molecular weight is 444 g/mol. The van der Waals surface area contributed by atoms with Crippen LogP contribution in [0.2, 0.25) is 0 Å². The summed E-state index contributed by atoms with van der Waals surface area (Å²) >= 11 is 0. The molecule has 31 heavy (non-hydrogen) atoms. The van der Waals surface area contributed by atoms with Gasteiger partial charge in [0.05, 0.1) is 10.8 Å². The van der Waals surface area contributed by atoms with Gasteiger partial charge in [-0.05, 0) is 36.2 Å². The number of hydrogen-bond acceptors (Lipinski definition) is 4. The molecule has 8 heteroatoms. The molecule has 2 aromatic rings. The largest absolute Gasteiger partial charge is 0.342 e. The van der Waals surface area contributed by atoms with Gasteiger partial charge in [-0.25, -0.2) is 8.42 Å². The van der Waals surface area contributed by atoms with Crippen LogP contribution in [-0.4, -0.2) is 49.6 Å². The Labute approximate surface area is 184 Å². The zero-order valence-corrected chi connectivity index (χ0v) is 18.8. The second-order valence-electron chi connectivity index (χ2n) is 7.85. The van der Waals surface area contributed by atoms with E-state index in [4.69, 9.17) is 0 Å². The molecule has 0 radical (unpaired) electrons. The summed E-state index contributed by atoms with van der Waals surface area (Å²) in [6.45, 7) is 3.45. The number of sulfonamides is 1. The molecule has 1 aliphatic heterocycles. The maximum Gasteiger partial charge on any atom is 0.243 e. The molecular weight excluding hydrogens is 414 g/mol. The third kappa shape index (κ3) is 5.71. The number of rotatable bonds is 9. The topological polar surface area (TPSA) is 86.8 Å². The number of nitrogens with zero attached hydrogens (tertiary/aromatic N) is 2. The van der Waals surface area contributed by atoms with Crippen molar-refractivity contribution < 1.29 is 18.0 Å². The molecule has 1 fully saturated rings. The molecule has 0 saturated carbocycles. The van der Waals surface area contributed by atoms with Gasteiger partial charge in [-0.15, -0.1) is 0 Å². The van der Waals surface area contributed by atoms with Crippen molar-refractivity contribution in [2.45, 2.75) is 37.6 Å². The number of carbonyl (C=O) groups excluding carboxylic acids is 2. The Kier molecular flexibility index (Phi) is 7.46. The van der Waals surface area contributed by atoms with E-state index in [1.165, 1.54) is 16.4 Å². The molecule has 1 atom stereocenters. The highest BCUT2D eigenvalue weighted by atomic mass is 32.2. The zero-order chi connectivity index (χ0) is 22.4. The van der Waals surface area contributed by atoms with Crippen molar-refractivity contribution in [2.75, 3.05) is 25.5 Å². The fraction of sp³-hybridized carbons (Fsp3) is 0.391. The zero-order valence-electron chi connectivity index (χ0n) is 18.0. The Morgan fingerprint density at radius 3 is 2.45 bits per heavy atom. The Balaban J connectivity index is 1.60. The Morgan fingerprint density at radius 2 is 1.81 bits per heavy atom. The predicted molar refractivity (Wildman–Crippen MR) is 120 cm³/mol. The van der Waals surface area contributed by atoms with Gasteiger partial charge in [-0.2, -0.15) is 4.31 Å². The number of hydrogen-bond donors (Lipinski definition) is 1. The smallest absolute Gasteiger partial charge is 0.243 e. The molecule has 1 saturated heterocycles. The van der Waals surface area contributed by atoms with Gasteiger partial charge in [-0.1, -0.05) is 43.7 Å². The van der Waals surface area contributed by atoms with E-state index in [9.17, 15) is 18.0 Å². The number of nitrogens with one attached hydrogen (secondary N) is 1. The van der Waals surface area contributed by atoms with Gasteiger partial charge in [0.2, 0.25) is 21.8 Å². The van der Waals surface area contributed by atoms with Crippen molar-refractivity contribution in [3.63, 3.8) is 0 Å². The summed E-state index contributed by atoms with van der Waals surface area (Å²) in [6, 6.07) is 15.5. The molecule has 0 bridgehead atoms. The number of amides is 2. The summed E-state index contributed by atoms with van der Waals surface area (Å²) in [6.07, 6.45) is 2.14. The Hall–Kier alpha value is -2.71. The molecule has 1 aliphatic rings. The van der Waals surface area contributed by atoms with Crippen LogP contribution in [0.4, 0.5) is 5.69 Å². The van der Waals surface area contributed by atoms with E-state index < -0.39 is 10.0 Å². The van der Waals surface area contributed by atoms with Crippen LogP contribution in [-0.2, 0) is 26.2 Å². The summed E-state index contributed by atoms with van der Waals surface area (Å²) in [5, 5.41) is 2.80. The van der Waals surface area contributed by atoms with Crippen LogP contribution >= 0.6 is 0 Å². The lowest BCUT2D eigenvalue weighted by Crippen LogP contribution is -2.29. The van der Waals surface area contributed by atoms with E-state index in [-0.39, 0.29) is 35.6 Å². The molecule has 1 heterocycles. The van der Waals surface area contributed by atoms with Gasteiger partial charge < -0.3 is 10.2 Å². The predicted octanol–water partition coefficient (Wildman–Crippen LogP) is 3.09. The normalized spacial score (nSPS) is 16.7. The molecule has 2 aromatic carbocycles. The molecule has 0 aliphatic carbocycles. The molecule has 1 N–H and O–H groups in total. The van der Waals surface area contributed by atoms with E-state index in [1.807, 2.05) is 30.3 Å². The molecule has 0 aromatic heterocycles. The first-order valence-electron chi connectivity index (χ1n) is 10.5. The van der Waals surface area contributed by atoms with Gasteiger partial charge in [0.1, 0.15) is 0 Å². The highest BCUT2D eigenvalue weighted by molar-refractivity contribution is 7.89. The molecule has 2 amide bonds. The standard InChI is InChI=1S/C23H29N3O4S/c1-3-4-14-26-17-19(15-22(26)27)23(28)24-20-10-12-21(13-11-20)31(29,30)25(2)16-18-8-6-5-7-9-18/h5-13,19H,3-4,14-17H2,1-2H3,(H,24,28)/t19-/m0/s1. The maximum atomic E-state index is 12.8. The Bertz CT molecular complexity index is 1010. The van der Waals surface area contributed by atoms with Crippen LogP contribution < -0.4 is 5.32 Å². The highest BCUT2D eigenvalue weighted by Gasteiger charge is 2.33. The number of carbonyl (C=O) groups is 2. The number of unbranched alkanes of at least 4 members (excludes halogenated alkanes) is 1. The average Bonchev–Trinajstić information content (AvgIpc) is 3.14. The van der Waals surface area contributed by atoms with Crippen LogP contribution in [0.1, 0.15) is 31.7 Å². The molecule has 166 valence electrons. The van der Waals surface area contributed by atoms with E-state index in [1.54, 1.807) is 24.1 Å². The lowest BCUT2D eigenvalue weighted by Gasteiger charge is -2.18. The number of benzene rings is 2. The van der Waals surface area contributed by atoms with Crippen LogP contribution in [0.15, 0.2) is 59.5 Å². The third-order valence-corrected chi connectivity index (χ3v) is 7.26. The first-order chi connectivity index (χ1) is 14.8. The van der Waals surface area contributed by atoms with Gasteiger partial charge in [0.25, 0.3) is 0 Å². The maximum absolute atomic E-state index is 12.8. The lowest BCUT2D eigenvalue weighted by atomic mass is 10.1. The van der Waals surface area contributed by atoms with Crippen LogP contribution in [0.5, 0.6) is 0 Å². The lowest BCUT2D eigenvalue weighted by molar-refractivity contribution is -0.128. The summed E-state index contributed by atoms with van der Waals surface area (Å²) in [5.41, 5.74) is 1.41. The van der Waals surface area contributed by atoms with Gasteiger partial charge in [0.15, 0.2) is 0 Å². The van der Waals surface area contributed by atoms with Crippen LogP contribution in [0, 0.1) is 5.92 Å². The molecular formula is C23H29N3O4S. The first-order valence-corrected chi connectivity index (χ1v) is 11.9. The summed E-state index contributed by atoms with van der Waals surface area (Å²) < 4.78 is 27.0. The van der Waals surface area contributed by atoms with Gasteiger partial charge >= 0.3 is 0 Å². The van der Waals surface area contributed by atoms with Crippen molar-refractivity contribution in [3.8, 4) is 0 Å². The summed E-state index contributed by atoms with van der Waals surface area (Å²) in [7, 11) is -2.11. The first kappa shape index (κ1) is 23.0. The Morgan fingerprint density at radius 1 is 1.13 bits per heavy atom. The fourth-order valence-corrected chi connectivity index (χ4v) is 4.73. The molecule has 7 nitrogen and oxygen atoms in total. The van der Waals surface area contributed by atoms with Crippen molar-refractivity contribution in [3.05, 3.63) is 60.2 Å². The van der Waals surface area contributed by atoms with E-state index in [2.05, 4.69) is 12.2 Å². The monoisotopic (exact) mass is 443 g/mol. The van der Waals surface area contributed by atoms with Crippen LogP contribution in [0.25, 0.3) is 0 Å². The van der Waals surface area contributed by atoms with E-state index in [0.717, 1.165) is 18.4 Å². The van der Waals surface area contributed by atoms with E-state index in [0.29, 0.717) is 18.8 Å². The minimum atomic E-state index is -3.65. The SMILES string of the molecule is CCCCN1C[C@@H](C(=O)Nc2ccc(S(=O)(=O)N(C)Cc3ccccc3)cc2)CC1=O. The second-order valence-corrected chi connectivity index (χ2v) is 9.90. The van der Waals surface area contributed by atoms with Crippen molar-refractivity contribution >= 4 is 27.5 Å². The summed E-state index contributed by atoms with van der Waals surface area (Å²) in [5.74, 6) is -0.592. The third-order valence-electron chi connectivity index (χ3n) is 5.44. The number of likely N-dealkylation sites (tertiary alicyclic amines) is 1. The van der Waals surface area contributed by atoms with Crippen molar-refractivity contribution in [2.24, 2.45) is 5.92 Å². The molecule has 0 unspecified atom stereocenters. The van der Waals surface area contributed by atoms with Crippen molar-refractivity contribution in [1.29, 1.82) is 0 Å². The summed E-state index contributed by atoms with van der Waals surface area (Å²) in [4.78, 5) is 26.5. The molecule has 3 rings (SSSR count). The molecule has 0 spiro atoms. The quantitative estimate of drug-likeness (QED) is 0.645. The van der Waals surface area contributed by atoms with E-state index >= 15 is 0 Å².